The number of amides is 1. The Balaban J connectivity index is 2.46. The lowest BCUT2D eigenvalue weighted by atomic mass is 9.69. The van der Waals surface area contributed by atoms with E-state index in [2.05, 4.69) is 21.4 Å². The van der Waals surface area contributed by atoms with Crippen molar-refractivity contribution in [2.45, 2.75) is 37.5 Å². The Labute approximate surface area is 110 Å². The van der Waals surface area contributed by atoms with Gasteiger partial charge in [-0.25, -0.2) is 5.84 Å². The fraction of sp³-hybridized carbons (Fsp3) is 0.462. The molecule has 1 saturated carbocycles. The molecular weight excluding hydrogens is 280 g/mol. The van der Waals surface area contributed by atoms with Crippen molar-refractivity contribution in [3.8, 4) is 0 Å². The summed E-state index contributed by atoms with van der Waals surface area (Å²) in [4.78, 5) is 12.2. The van der Waals surface area contributed by atoms with E-state index in [-0.39, 0.29) is 5.91 Å². The summed E-state index contributed by atoms with van der Waals surface area (Å²) in [6.45, 7) is 0. The lowest BCUT2D eigenvalue weighted by molar-refractivity contribution is -0.128. The molecule has 2 rings (SSSR count). The smallest absolute Gasteiger partial charge is 0.244 e. The maximum atomic E-state index is 12.2. The molecule has 4 heteroatoms. The molecule has 0 unspecified atom stereocenters. The minimum atomic E-state index is -0.451. The lowest BCUT2D eigenvalue weighted by Gasteiger charge is -2.36. The number of nitrogens with two attached hydrogens (primary N) is 1. The van der Waals surface area contributed by atoms with Gasteiger partial charge in [-0.15, -0.1) is 0 Å². The minimum Gasteiger partial charge on any atom is -0.293 e. The number of nitrogens with one attached hydrogen (secondary N) is 1. The topological polar surface area (TPSA) is 55.1 Å². The molecule has 0 radical (unpaired) electrons. The second-order valence-corrected chi connectivity index (χ2v) is 5.45. The molecular formula is C13H17BrN2O. The third-order valence-corrected chi connectivity index (χ3v) is 4.35. The van der Waals surface area contributed by atoms with Crippen molar-refractivity contribution in [1.29, 1.82) is 0 Å². The van der Waals surface area contributed by atoms with Crippen LogP contribution in [0, 0.1) is 0 Å². The average Bonchev–Trinajstić information content (AvgIpc) is 2.39. The first kappa shape index (κ1) is 12.6. The summed E-state index contributed by atoms with van der Waals surface area (Å²) in [5.41, 5.74) is 2.95. The molecule has 1 aliphatic rings. The van der Waals surface area contributed by atoms with E-state index in [4.69, 9.17) is 5.84 Å². The number of hydrogen-bond acceptors (Lipinski definition) is 2. The van der Waals surface area contributed by atoms with Crippen LogP contribution in [0.4, 0.5) is 0 Å². The number of hydrazine groups is 1. The number of carbonyl (C=O) groups is 1. The lowest BCUT2D eigenvalue weighted by Crippen LogP contribution is -2.48. The quantitative estimate of drug-likeness (QED) is 0.501. The van der Waals surface area contributed by atoms with Gasteiger partial charge in [0.25, 0.3) is 0 Å². The van der Waals surface area contributed by atoms with Crippen molar-refractivity contribution >= 4 is 21.8 Å². The predicted octanol–water partition coefficient (Wildman–Crippen LogP) is 2.64. The van der Waals surface area contributed by atoms with E-state index in [9.17, 15) is 4.79 Å². The van der Waals surface area contributed by atoms with Gasteiger partial charge in [0, 0.05) is 4.47 Å². The Morgan fingerprint density at radius 1 is 1.24 bits per heavy atom. The van der Waals surface area contributed by atoms with Crippen LogP contribution < -0.4 is 11.3 Å². The normalized spacial score (nSPS) is 18.7. The number of rotatable bonds is 2. The molecule has 3 nitrogen and oxygen atoms in total. The van der Waals surface area contributed by atoms with Gasteiger partial charge in [0.1, 0.15) is 0 Å². The molecule has 1 aromatic carbocycles. The van der Waals surface area contributed by atoms with Gasteiger partial charge in [-0.05, 0) is 24.5 Å². The summed E-state index contributed by atoms with van der Waals surface area (Å²) in [6.07, 6.45) is 5.10. The highest BCUT2D eigenvalue weighted by atomic mass is 79.9. The summed E-state index contributed by atoms with van der Waals surface area (Å²) in [5.74, 6) is 5.29. The summed E-state index contributed by atoms with van der Waals surface area (Å²) < 4.78 is 0.991. The van der Waals surface area contributed by atoms with Crippen LogP contribution in [-0.4, -0.2) is 5.91 Å². The maximum Gasteiger partial charge on any atom is 0.244 e. The fourth-order valence-corrected chi connectivity index (χ4v) is 3.43. The second kappa shape index (κ2) is 5.19. The summed E-state index contributed by atoms with van der Waals surface area (Å²) >= 11 is 3.54. The molecule has 17 heavy (non-hydrogen) atoms. The van der Waals surface area contributed by atoms with Crippen LogP contribution in [-0.2, 0) is 10.2 Å². The third kappa shape index (κ3) is 2.24. The van der Waals surface area contributed by atoms with Gasteiger partial charge in [-0.2, -0.15) is 0 Å². The molecule has 1 aromatic rings. The Hall–Kier alpha value is -0.870. The molecule has 0 bridgehead atoms. The second-order valence-electron chi connectivity index (χ2n) is 4.60. The van der Waals surface area contributed by atoms with Crippen molar-refractivity contribution in [3.63, 3.8) is 0 Å². The van der Waals surface area contributed by atoms with Crippen LogP contribution in [0.15, 0.2) is 28.7 Å². The van der Waals surface area contributed by atoms with Crippen LogP contribution in [0.5, 0.6) is 0 Å². The first-order valence-corrected chi connectivity index (χ1v) is 6.76. The van der Waals surface area contributed by atoms with Crippen molar-refractivity contribution < 1.29 is 4.79 Å². The van der Waals surface area contributed by atoms with E-state index >= 15 is 0 Å². The number of benzene rings is 1. The molecule has 0 atom stereocenters. The van der Waals surface area contributed by atoms with Crippen LogP contribution >= 0.6 is 15.9 Å². The third-order valence-electron chi connectivity index (χ3n) is 3.66. The van der Waals surface area contributed by atoms with E-state index in [0.717, 1.165) is 35.7 Å². The number of carbonyl (C=O) groups excluding carboxylic acids is 1. The first-order valence-electron chi connectivity index (χ1n) is 5.97. The van der Waals surface area contributed by atoms with Gasteiger partial charge in [-0.1, -0.05) is 53.4 Å². The van der Waals surface area contributed by atoms with Crippen LogP contribution in [0.2, 0.25) is 0 Å². The number of halogens is 1. The average molecular weight is 297 g/mol. The van der Waals surface area contributed by atoms with E-state index in [1.165, 1.54) is 6.42 Å². The minimum absolute atomic E-state index is 0.0656. The highest BCUT2D eigenvalue weighted by Crippen LogP contribution is 2.42. The Kier molecular flexibility index (Phi) is 3.84. The highest BCUT2D eigenvalue weighted by Gasteiger charge is 2.41. The molecule has 3 N–H and O–H groups in total. The Morgan fingerprint density at radius 2 is 1.88 bits per heavy atom. The van der Waals surface area contributed by atoms with Crippen LogP contribution in [0.3, 0.4) is 0 Å². The molecule has 1 amide bonds. The zero-order valence-electron chi connectivity index (χ0n) is 9.71. The fourth-order valence-electron chi connectivity index (χ4n) is 2.76. The molecule has 0 saturated heterocycles. The maximum absolute atomic E-state index is 12.2. The highest BCUT2D eigenvalue weighted by molar-refractivity contribution is 9.10. The van der Waals surface area contributed by atoms with Gasteiger partial charge in [0.15, 0.2) is 0 Å². The summed E-state index contributed by atoms with van der Waals surface area (Å²) in [5, 5.41) is 0. The summed E-state index contributed by atoms with van der Waals surface area (Å²) in [7, 11) is 0. The van der Waals surface area contributed by atoms with Crippen molar-refractivity contribution in [2.24, 2.45) is 5.84 Å². The van der Waals surface area contributed by atoms with Crippen LogP contribution in [0.25, 0.3) is 0 Å². The van der Waals surface area contributed by atoms with Crippen LogP contribution in [0.1, 0.15) is 37.7 Å². The molecule has 1 aliphatic carbocycles. The van der Waals surface area contributed by atoms with Gasteiger partial charge in [-0.3, -0.25) is 10.2 Å². The van der Waals surface area contributed by atoms with E-state index in [1.54, 1.807) is 0 Å². The zero-order chi connectivity index (χ0) is 12.3. The van der Waals surface area contributed by atoms with Gasteiger partial charge < -0.3 is 0 Å². The molecule has 0 heterocycles. The molecule has 1 fully saturated rings. The number of hydrogen-bond donors (Lipinski definition) is 2. The van der Waals surface area contributed by atoms with E-state index < -0.39 is 5.41 Å². The van der Waals surface area contributed by atoms with Crippen molar-refractivity contribution in [1.82, 2.24) is 5.43 Å². The van der Waals surface area contributed by atoms with Gasteiger partial charge in [0.05, 0.1) is 5.41 Å². The molecule has 0 aromatic heterocycles. The van der Waals surface area contributed by atoms with Gasteiger partial charge >= 0.3 is 0 Å². The monoisotopic (exact) mass is 296 g/mol. The van der Waals surface area contributed by atoms with E-state index in [1.807, 2.05) is 24.3 Å². The predicted molar refractivity (Wildman–Crippen MR) is 71.2 cm³/mol. The first-order chi connectivity index (χ1) is 8.20. The summed E-state index contributed by atoms with van der Waals surface area (Å²) in [6, 6.07) is 7.94. The largest absolute Gasteiger partial charge is 0.293 e. The Bertz CT molecular complexity index is 414. The van der Waals surface area contributed by atoms with Gasteiger partial charge in [0.2, 0.25) is 5.91 Å². The molecule has 0 spiro atoms. The standard InChI is InChI=1S/C13H17BrN2O/c14-11-7-3-2-6-10(11)13(12(17)16-15)8-4-1-5-9-13/h2-3,6-7H,1,4-5,8-9,15H2,(H,16,17). The van der Waals surface area contributed by atoms with E-state index in [0.29, 0.717) is 0 Å². The Morgan fingerprint density at radius 3 is 2.47 bits per heavy atom. The van der Waals surface area contributed by atoms with Crippen molar-refractivity contribution in [2.75, 3.05) is 0 Å². The molecule has 0 aliphatic heterocycles. The molecule has 92 valence electrons. The SMILES string of the molecule is NNC(=O)C1(c2ccccc2Br)CCCCC1. The van der Waals surface area contributed by atoms with Crippen molar-refractivity contribution in [3.05, 3.63) is 34.3 Å². The zero-order valence-corrected chi connectivity index (χ0v) is 11.3.